The van der Waals surface area contributed by atoms with Crippen LogP contribution < -0.4 is 5.32 Å². The molecule has 0 atom stereocenters. The molecular weight excluding hydrogens is 300 g/mol. The molecule has 2 N–H and O–H groups in total. The summed E-state index contributed by atoms with van der Waals surface area (Å²) in [6.45, 7) is 3.56. The molecule has 1 aliphatic rings. The summed E-state index contributed by atoms with van der Waals surface area (Å²) in [7, 11) is 0. The van der Waals surface area contributed by atoms with Gasteiger partial charge in [-0.05, 0) is 37.1 Å². The Morgan fingerprint density at radius 1 is 0.958 bits per heavy atom. The fourth-order valence-electron chi connectivity index (χ4n) is 3.25. The molecule has 126 valence electrons. The van der Waals surface area contributed by atoms with Gasteiger partial charge in [0.05, 0.1) is 0 Å². The van der Waals surface area contributed by atoms with Gasteiger partial charge in [-0.2, -0.15) is 0 Å². The van der Waals surface area contributed by atoms with E-state index in [2.05, 4.69) is 10.2 Å². The molecule has 0 spiro atoms. The van der Waals surface area contributed by atoms with Crippen LogP contribution in [0.4, 0.5) is 0 Å². The number of hydrogen-bond donors (Lipinski definition) is 2. The van der Waals surface area contributed by atoms with Gasteiger partial charge in [-0.25, -0.2) is 0 Å². The molecule has 0 aliphatic carbocycles. The van der Waals surface area contributed by atoms with Crippen molar-refractivity contribution in [2.45, 2.75) is 18.4 Å². The number of likely N-dealkylation sites (tertiary alicyclic amines) is 1. The molecule has 3 rings (SSSR count). The Labute approximate surface area is 143 Å². The quantitative estimate of drug-likeness (QED) is 0.856. The maximum Gasteiger partial charge on any atom is 0.261 e. The van der Waals surface area contributed by atoms with Gasteiger partial charge in [-0.15, -0.1) is 0 Å². The van der Waals surface area contributed by atoms with E-state index in [0.717, 1.165) is 19.6 Å². The molecule has 1 fully saturated rings. The van der Waals surface area contributed by atoms with Gasteiger partial charge in [0.25, 0.3) is 5.91 Å². The summed E-state index contributed by atoms with van der Waals surface area (Å²) in [4.78, 5) is 15.2. The lowest BCUT2D eigenvalue weighted by Crippen LogP contribution is -2.47. The SMILES string of the molecule is O=C(NCCN1CCCC1)C(O)(c1ccccc1)c1ccccc1. The molecular formula is C20H24N2O2. The van der Waals surface area contributed by atoms with Gasteiger partial charge in [0, 0.05) is 13.1 Å². The standard InChI is InChI=1S/C20H24N2O2/c23-19(21-13-16-22-14-7-8-15-22)20(24,17-9-3-1-4-10-17)18-11-5-2-6-12-18/h1-6,9-12,24H,7-8,13-16H2,(H,21,23). The minimum absolute atomic E-state index is 0.376. The van der Waals surface area contributed by atoms with Crippen molar-refractivity contribution in [3.8, 4) is 0 Å². The summed E-state index contributed by atoms with van der Waals surface area (Å²) in [5.74, 6) is -0.376. The molecule has 4 heteroatoms. The first kappa shape index (κ1) is 16.7. The molecule has 2 aromatic carbocycles. The minimum atomic E-state index is -1.67. The van der Waals surface area contributed by atoms with Crippen LogP contribution in [0.5, 0.6) is 0 Å². The zero-order chi connectivity index (χ0) is 16.8. The van der Waals surface area contributed by atoms with Gasteiger partial charge in [0.2, 0.25) is 0 Å². The molecule has 0 bridgehead atoms. The molecule has 1 saturated heterocycles. The summed E-state index contributed by atoms with van der Waals surface area (Å²) in [6, 6.07) is 18.2. The lowest BCUT2D eigenvalue weighted by molar-refractivity contribution is -0.136. The Bertz CT molecular complexity index is 612. The fraction of sp³-hybridized carbons (Fsp3) is 0.350. The van der Waals surface area contributed by atoms with Crippen LogP contribution in [0.25, 0.3) is 0 Å². The average molecular weight is 324 g/mol. The van der Waals surface area contributed by atoms with Crippen LogP contribution in [0.1, 0.15) is 24.0 Å². The van der Waals surface area contributed by atoms with E-state index in [9.17, 15) is 9.90 Å². The first-order valence-corrected chi connectivity index (χ1v) is 8.55. The van der Waals surface area contributed by atoms with Crippen molar-refractivity contribution < 1.29 is 9.90 Å². The van der Waals surface area contributed by atoms with Crippen LogP contribution >= 0.6 is 0 Å². The van der Waals surface area contributed by atoms with E-state index in [-0.39, 0.29) is 5.91 Å². The van der Waals surface area contributed by atoms with Crippen molar-refractivity contribution in [1.82, 2.24) is 10.2 Å². The largest absolute Gasteiger partial charge is 0.372 e. The number of carbonyl (C=O) groups excluding carboxylic acids is 1. The molecule has 2 aromatic rings. The summed E-state index contributed by atoms with van der Waals surface area (Å²) < 4.78 is 0. The Morgan fingerprint density at radius 3 is 1.96 bits per heavy atom. The van der Waals surface area contributed by atoms with Crippen molar-refractivity contribution in [2.24, 2.45) is 0 Å². The third-order valence-electron chi connectivity index (χ3n) is 4.62. The van der Waals surface area contributed by atoms with Crippen LogP contribution in [0.3, 0.4) is 0 Å². The third-order valence-corrected chi connectivity index (χ3v) is 4.62. The third kappa shape index (κ3) is 3.50. The van der Waals surface area contributed by atoms with E-state index in [1.165, 1.54) is 12.8 Å². The first-order chi connectivity index (χ1) is 11.7. The zero-order valence-corrected chi connectivity index (χ0v) is 13.8. The van der Waals surface area contributed by atoms with Crippen molar-refractivity contribution in [1.29, 1.82) is 0 Å². The number of carbonyl (C=O) groups is 1. The second-order valence-electron chi connectivity index (χ2n) is 6.25. The summed E-state index contributed by atoms with van der Waals surface area (Å²) >= 11 is 0. The van der Waals surface area contributed by atoms with Crippen molar-refractivity contribution in [2.75, 3.05) is 26.2 Å². The minimum Gasteiger partial charge on any atom is -0.372 e. The van der Waals surface area contributed by atoms with Crippen molar-refractivity contribution in [3.05, 3.63) is 71.8 Å². The smallest absolute Gasteiger partial charge is 0.261 e. The number of hydrogen-bond acceptors (Lipinski definition) is 3. The molecule has 4 nitrogen and oxygen atoms in total. The number of aliphatic hydroxyl groups is 1. The predicted molar refractivity (Wildman–Crippen MR) is 94.6 cm³/mol. The summed E-state index contributed by atoms with van der Waals surface area (Å²) in [6.07, 6.45) is 2.46. The second-order valence-corrected chi connectivity index (χ2v) is 6.25. The van der Waals surface area contributed by atoms with E-state index in [1.54, 1.807) is 24.3 Å². The highest BCUT2D eigenvalue weighted by Crippen LogP contribution is 2.29. The Balaban J connectivity index is 1.78. The Hall–Kier alpha value is -2.17. The number of rotatable bonds is 6. The Morgan fingerprint density at radius 2 is 1.46 bits per heavy atom. The summed E-state index contributed by atoms with van der Waals surface area (Å²) in [5.41, 5.74) is -0.516. The van der Waals surface area contributed by atoms with Crippen LogP contribution in [-0.4, -0.2) is 42.1 Å². The molecule has 0 radical (unpaired) electrons. The van der Waals surface area contributed by atoms with Gasteiger partial charge < -0.3 is 15.3 Å². The van der Waals surface area contributed by atoms with Gasteiger partial charge in [0.1, 0.15) is 0 Å². The monoisotopic (exact) mass is 324 g/mol. The van der Waals surface area contributed by atoms with Crippen LogP contribution in [0.15, 0.2) is 60.7 Å². The van der Waals surface area contributed by atoms with Crippen molar-refractivity contribution in [3.63, 3.8) is 0 Å². The molecule has 1 amide bonds. The van der Waals surface area contributed by atoms with Gasteiger partial charge in [-0.1, -0.05) is 60.7 Å². The topological polar surface area (TPSA) is 52.6 Å². The Kier molecular flexibility index (Phi) is 5.28. The van der Waals surface area contributed by atoms with Crippen LogP contribution in [0.2, 0.25) is 0 Å². The maximum absolute atomic E-state index is 12.9. The van der Waals surface area contributed by atoms with Gasteiger partial charge >= 0.3 is 0 Å². The number of nitrogens with zero attached hydrogens (tertiary/aromatic N) is 1. The molecule has 0 saturated carbocycles. The molecule has 24 heavy (non-hydrogen) atoms. The van der Waals surface area contributed by atoms with E-state index in [1.807, 2.05) is 36.4 Å². The van der Waals surface area contributed by atoms with E-state index < -0.39 is 5.60 Å². The molecule has 1 heterocycles. The molecule has 0 aromatic heterocycles. The van der Waals surface area contributed by atoms with Crippen molar-refractivity contribution >= 4 is 5.91 Å². The lowest BCUT2D eigenvalue weighted by Gasteiger charge is -2.28. The van der Waals surface area contributed by atoms with Gasteiger partial charge in [-0.3, -0.25) is 4.79 Å². The predicted octanol–water partition coefficient (Wildman–Crippen LogP) is 2.13. The number of amides is 1. The summed E-state index contributed by atoms with van der Waals surface area (Å²) in [5, 5.41) is 14.2. The highest BCUT2D eigenvalue weighted by Gasteiger charge is 2.39. The highest BCUT2D eigenvalue weighted by atomic mass is 16.3. The first-order valence-electron chi connectivity index (χ1n) is 8.55. The van der Waals surface area contributed by atoms with E-state index >= 15 is 0 Å². The van der Waals surface area contributed by atoms with Crippen LogP contribution in [-0.2, 0) is 10.4 Å². The normalized spacial score (nSPS) is 15.4. The lowest BCUT2D eigenvalue weighted by atomic mass is 9.85. The molecule has 0 unspecified atom stereocenters. The zero-order valence-electron chi connectivity index (χ0n) is 13.8. The second kappa shape index (κ2) is 7.60. The molecule has 1 aliphatic heterocycles. The number of nitrogens with one attached hydrogen (secondary N) is 1. The number of benzene rings is 2. The van der Waals surface area contributed by atoms with Gasteiger partial charge in [0.15, 0.2) is 5.60 Å². The van der Waals surface area contributed by atoms with Crippen LogP contribution in [0, 0.1) is 0 Å². The fourth-order valence-corrected chi connectivity index (χ4v) is 3.25. The highest BCUT2D eigenvalue weighted by molar-refractivity contribution is 5.90. The maximum atomic E-state index is 12.9. The average Bonchev–Trinajstić information content (AvgIpc) is 3.16. The van der Waals surface area contributed by atoms with E-state index in [4.69, 9.17) is 0 Å². The van der Waals surface area contributed by atoms with E-state index in [0.29, 0.717) is 17.7 Å².